The number of tetrazole rings is 1. The number of hydrogen-bond donors (Lipinski definition) is 1. The fourth-order valence-corrected chi connectivity index (χ4v) is 3.60. The summed E-state index contributed by atoms with van der Waals surface area (Å²) in [6.45, 7) is 0. The average Bonchev–Trinajstić information content (AvgIpc) is 3.23. The highest BCUT2D eigenvalue weighted by molar-refractivity contribution is 7.86. The largest absolute Gasteiger partial charge is 0.494 e. The second kappa shape index (κ2) is 8.09. The average molecular weight is 456 g/mol. The molecular formula is C18H14N7O6S+. The molecule has 0 aliphatic carbocycles. The van der Waals surface area contributed by atoms with Crippen molar-refractivity contribution in [3.8, 4) is 28.6 Å². The van der Waals surface area contributed by atoms with Gasteiger partial charge in [-0.2, -0.15) is 8.42 Å². The van der Waals surface area contributed by atoms with E-state index >= 15 is 0 Å². The number of nitrogens with zero attached hydrogens (tertiary/aromatic N) is 7. The maximum Gasteiger partial charge on any atom is 0.324 e. The van der Waals surface area contributed by atoms with Gasteiger partial charge in [0.05, 0.1) is 29.9 Å². The van der Waals surface area contributed by atoms with Crippen LogP contribution in [0.5, 0.6) is 5.75 Å². The normalized spacial score (nSPS) is 11.3. The number of hydrogen-bond acceptors (Lipinski definition) is 9. The maximum absolute atomic E-state index is 11.8. The highest BCUT2D eigenvalue weighted by atomic mass is 32.2. The fraction of sp³-hybridized carbons (Fsp3) is 0.0556. The van der Waals surface area contributed by atoms with Crippen LogP contribution >= 0.6 is 0 Å². The van der Waals surface area contributed by atoms with Crippen molar-refractivity contribution in [2.45, 2.75) is 4.90 Å². The third-order valence-corrected chi connectivity index (χ3v) is 5.22. The molecule has 0 spiro atoms. The van der Waals surface area contributed by atoms with E-state index in [2.05, 4.69) is 20.2 Å². The predicted octanol–water partition coefficient (Wildman–Crippen LogP) is 1.16. The maximum atomic E-state index is 11.8. The summed E-state index contributed by atoms with van der Waals surface area (Å²) in [5.74, 6) is 0.261. The Hall–Kier alpha value is -4.30. The van der Waals surface area contributed by atoms with Gasteiger partial charge in [-0.25, -0.2) is 0 Å². The first-order valence-electron chi connectivity index (χ1n) is 8.85. The molecule has 0 unspecified atom stereocenters. The standard InChI is InChI=1S/C18H13N7O6S/c1-31-15-10-12(25(26)27)6-7-14(15)23-21-18(22-24(23)17-11-19-8-9-20-17)13-4-2-3-5-16(13)32(28,29)30/h2-11H,1H3/p+1. The summed E-state index contributed by atoms with van der Waals surface area (Å²) >= 11 is 0. The molecule has 2 aromatic carbocycles. The van der Waals surface area contributed by atoms with E-state index in [1.807, 2.05) is 0 Å². The zero-order valence-electron chi connectivity index (χ0n) is 16.3. The van der Waals surface area contributed by atoms with E-state index in [0.29, 0.717) is 0 Å². The minimum Gasteiger partial charge on any atom is -0.494 e. The molecule has 0 saturated heterocycles. The summed E-state index contributed by atoms with van der Waals surface area (Å²) in [6.07, 6.45) is 4.26. The van der Waals surface area contributed by atoms with Crippen molar-refractivity contribution in [1.82, 2.24) is 25.0 Å². The first-order valence-corrected chi connectivity index (χ1v) is 10.3. The van der Waals surface area contributed by atoms with Gasteiger partial charge in [0, 0.05) is 11.2 Å². The number of rotatable bonds is 6. The lowest BCUT2D eigenvalue weighted by Crippen LogP contribution is -2.44. The number of methoxy groups -OCH3 is 1. The zero-order valence-corrected chi connectivity index (χ0v) is 17.1. The predicted molar refractivity (Wildman–Crippen MR) is 107 cm³/mol. The molecule has 2 aromatic heterocycles. The van der Waals surface area contributed by atoms with Crippen molar-refractivity contribution in [3.63, 3.8) is 0 Å². The third kappa shape index (κ3) is 3.86. The van der Waals surface area contributed by atoms with Crippen LogP contribution in [0, 0.1) is 10.1 Å². The minimum absolute atomic E-state index is 0.0345. The van der Waals surface area contributed by atoms with Gasteiger partial charge in [0.2, 0.25) is 0 Å². The van der Waals surface area contributed by atoms with E-state index in [1.54, 1.807) is 6.07 Å². The van der Waals surface area contributed by atoms with E-state index < -0.39 is 15.0 Å². The number of nitro groups is 1. The van der Waals surface area contributed by atoms with Gasteiger partial charge in [-0.1, -0.05) is 12.1 Å². The van der Waals surface area contributed by atoms with Crippen LogP contribution in [0.1, 0.15) is 0 Å². The van der Waals surface area contributed by atoms with Crippen molar-refractivity contribution in [1.29, 1.82) is 0 Å². The molecule has 4 aromatic rings. The lowest BCUT2D eigenvalue weighted by atomic mass is 10.2. The van der Waals surface area contributed by atoms with Crippen LogP contribution in [-0.2, 0) is 10.1 Å². The molecule has 0 bridgehead atoms. The van der Waals surface area contributed by atoms with Gasteiger partial charge in [0.1, 0.15) is 17.3 Å². The SMILES string of the molecule is COc1cc([N+](=O)[O-])ccc1-n1nc(-c2ccccc2S(=O)(=O)O)n[n+]1-c1cnccn1. The lowest BCUT2D eigenvalue weighted by Gasteiger charge is -2.06. The molecule has 0 atom stereocenters. The van der Waals surface area contributed by atoms with E-state index in [9.17, 15) is 23.1 Å². The Morgan fingerprint density at radius 2 is 1.97 bits per heavy atom. The topological polar surface area (TPSA) is 167 Å². The van der Waals surface area contributed by atoms with Crippen molar-refractivity contribution >= 4 is 15.8 Å². The number of non-ortho nitro benzene ring substituents is 1. The molecule has 2 heterocycles. The molecule has 0 saturated carbocycles. The monoisotopic (exact) mass is 456 g/mol. The highest BCUT2D eigenvalue weighted by Crippen LogP contribution is 2.28. The Labute approximate surface area is 180 Å². The molecule has 13 nitrogen and oxygen atoms in total. The van der Waals surface area contributed by atoms with E-state index in [0.717, 1.165) is 0 Å². The minimum atomic E-state index is -4.57. The van der Waals surface area contributed by atoms with Crippen molar-refractivity contribution < 1.29 is 27.4 Å². The van der Waals surface area contributed by atoms with Crippen molar-refractivity contribution in [2.24, 2.45) is 0 Å². The molecular weight excluding hydrogens is 442 g/mol. The van der Waals surface area contributed by atoms with Crippen LogP contribution in [0.2, 0.25) is 0 Å². The molecule has 0 aliphatic rings. The first-order chi connectivity index (χ1) is 15.3. The van der Waals surface area contributed by atoms with Crippen LogP contribution in [0.15, 0.2) is 66.0 Å². The smallest absolute Gasteiger partial charge is 0.324 e. The number of benzene rings is 2. The van der Waals surface area contributed by atoms with Crippen LogP contribution in [0.3, 0.4) is 0 Å². The van der Waals surface area contributed by atoms with Crippen LogP contribution in [0.4, 0.5) is 5.69 Å². The molecule has 32 heavy (non-hydrogen) atoms. The quantitative estimate of drug-likeness (QED) is 0.192. The molecule has 162 valence electrons. The summed E-state index contributed by atoms with van der Waals surface area (Å²) < 4.78 is 38.6. The summed E-state index contributed by atoms with van der Waals surface area (Å²) in [4.78, 5) is 20.8. The van der Waals surface area contributed by atoms with Gasteiger partial charge in [-0.15, -0.1) is 4.98 Å². The summed E-state index contributed by atoms with van der Waals surface area (Å²) in [7, 11) is -3.23. The Morgan fingerprint density at radius 3 is 2.62 bits per heavy atom. The molecule has 0 fully saturated rings. The number of nitro benzene ring substituents is 1. The first kappa shape index (κ1) is 21.0. The van der Waals surface area contributed by atoms with Gasteiger partial charge in [-0.3, -0.25) is 19.7 Å². The Kier molecular flexibility index (Phi) is 5.29. The van der Waals surface area contributed by atoms with Crippen molar-refractivity contribution in [2.75, 3.05) is 7.11 Å². The van der Waals surface area contributed by atoms with Gasteiger partial charge in [0.25, 0.3) is 21.6 Å². The Morgan fingerprint density at radius 1 is 1.19 bits per heavy atom. The Bertz CT molecular complexity index is 1420. The second-order valence-electron chi connectivity index (χ2n) is 6.25. The number of ether oxygens (including phenoxy) is 1. The molecule has 0 aliphatic heterocycles. The van der Waals surface area contributed by atoms with E-state index in [1.165, 1.54) is 71.7 Å². The summed E-state index contributed by atoms with van der Waals surface area (Å²) in [5.41, 5.74) is 0.0906. The van der Waals surface area contributed by atoms with E-state index in [4.69, 9.17) is 4.74 Å². The van der Waals surface area contributed by atoms with E-state index in [-0.39, 0.29) is 39.2 Å². The van der Waals surface area contributed by atoms with Crippen LogP contribution < -0.4 is 9.53 Å². The molecule has 0 amide bonds. The van der Waals surface area contributed by atoms with Crippen LogP contribution in [-0.4, -0.2) is 50.0 Å². The molecule has 4 rings (SSSR count). The van der Waals surface area contributed by atoms with Gasteiger partial charge in [0.15, 0.2) is 11.4 Å². The lowest BCUT2D eigenvalue weighted by molar-refractivity contribution is -0.737. The second-order valence-corrected chi connectivity index (χ2v) is 7.64. The Balaban J connectivity index is 1.99. The molecule has 1 N–H and O–H groups in total. The third-order valence-electron chi connectivity index (χ3n) is 4.31. The molecule has 0 radical (unpaired) electrons. The van der Waals surface area contributed by atoms with Crippen molar-refractivity contribution in [3.05, 3.63) is 71.2 Å². The highest BCUT2D eigenvalue weighted by Gasteiger charge is 2.28. The van der Waals surface area contributed by atoms with Gasteiger partial charge < -0.3 is 4.74 Å². The fourth-order valence-electron chi connectivity index (χ4n) is 2.91. The number of aromatic nitrogens is 6. The van der Waals surface area contributed by atoms with Crippen LogP contribution in [0.25, 0.3) is 22.9 Å². The van der Waals surface area contributed by atoms with Gasteiger partial charge >= 0.3 is 5.82 Å². The van der Waals surface area contributed by atoms with Gasteiger partial charge in [-0.05, 0) is 32.9 Å². The summed E-state index contributed by atoms with van der Waals surface area (Å²) in [5, 5.41) is 19.8. The summed E-state index contributed by atoms with van der Waals surface area (Å²) in [6, 6.07) is 9.51. The molecule has 14 heteroatoms. The zero-order chi connectivity index (χ0) is 22.9.